The second kappa shape index (κ2) is 6.35. The molecule has 2 N–H and O–H groups in total. The van der Waals surface area contributed by atoms with Gasteiger partial charge in [-0.1, -0.05) is 13.0 Å². The summed E-state index contributed by atoms with van der Waals surface area (Å²) in [6, 6.07) is 5.09. The van der Waals surface area contributed by atoms with E-state index in [0.29, 0.717) is 0 Å². The van der Waals surface area contributed by atoms with Gasteiger partial charge in [-0.25, -0.2) is 21.6 Å². The first kappa shape index (κ1) is 18.3. The van der Waals surface area contributed by atoms with Crippen LogP contribution in [0.2, 0.25) is 0 Å². The van der Waals surface area contributed by atoms with Crippen LogP contribution in [0.5, 0.6) is 0 Å². The fraction of sp³-hybridized carbons (Fsp3) is 0.533. The van der Waals surface area contributed by atoms with Gasteiger partial charge in [0, 0.05) is 19.1 Å². The fourth-order valence-electron chi connectivity index (χ4n) is 2.88. The highest BCUT2D eigenvalue weighted by molar-refractivity contribution is 7.90. The van der Waals surface area contributed by atoms with Crippen molar-refractivity contribution in [3.63, 3.8) is 0 Å². The highest BCUT2D eigenvalue weighted by Gasteiger charge is 2.41. The molecule has 2 aliphatic rings. The summed E-state index contributed by atoms with van der Waals surface area (Å²) in [7, 11) is -7.72. The molecule has 25 heavy (non-hydrogen) atoms. The van der Waals surface area contributed by atoms with Crippen LogP contribution in [0.1, 0.15) is 19.8 Å². The van der Waals surface area contributed by atoms with E-state index in [9.17, 15) is 21.6 Å². The number of hydrogen-bond donors (Lipinski definition) is 2. The van der Waals surface area contributed by atoms with E-state index in [-0.39, 0.29) is 34.8 Å². The first-order chi connectivity index (χ1) is 11.6. The van der Waals surface area contributed by atoms with Crippen molar-refractivity contribution in [2.45, 2.75) is 35.6 Å². The minimum Gasteiger partial charge on any atom is -0.481 e. The van der Waals surface area contributed by atoms with E-state index in [0.717, 1.165) is 23.2 Å². The molecule has 2 atom stereocenters. The Hall–Kier alpha value is -1.49. The van der Waals surface area contributed by atoms with Crippen LogP contribution >= 0.6 is 0 Å². The Labute approximate surface area is 146 Å². The van der Waals surface area contributed by atoms with Gasteiger partial charge in [0.15, 0.2) is 0 Å². The number of carbonyl (C=O) groups is 1. The molecule has 1 aliphatic carbocycles. The molecular weight excluding hydrogens is 368 g/mol. The van der Waals surface area contributed by atoms with Crippen LogP contribution in [0.3, 0.4) is 0 Å². The van der Waals surface area contributed by atoms with Crippen molar-refractivity contribution in [2.75, 3.05) is 13.1 Å². The minimum absolute atomic E-state index is 0.0824. The van der Waals surface area contributed by atoms with Crippen LogP contribution in [0.25, 0.3) is 0 Å². The van der Waals surface area contributed by atoms with Gasteiger partial charge in [-0.05, 0) is 37.0 Å². The Morgan fingerprint density at radius 3 is 2.36 bits per heavy atom. The van der Waals surface area contributed by atoms with E-state index in [2.05, 4.69) is 4.72 Å². The highest BCUT2D eigenvalue weighted by Crippen LogP contribution is 2.30. The maximum atomic E-state index is 12.8. The van der Waals surface area contributed by atoms with Crippen LogP contribution in [0, 0.1) is 11.8 Å². The Kier molecular flexibility index (Phi) is 4.65. The lowest BCUT2D eigenvalue weighted by Crippen LogP contribution is -2.30. The standard InChI is InChI=1S/C15H20N2O6S2/c1-10-8-17(9-14(10)15(18)19)25(22,23)13-4-2-3-12(7-13)24(20,21)16-11-5-6-11/h2-4,7,10-11,14,16H,5-6,8-9H2,1H3,(H,18,19)/t10-,14-/m1/s1. The lowest BCUT2D eigenvalue weighted by molar-refractivity contribution is -0.142. The van der Waals surface area contributed by atoms with Gasteiger partial charge in [-0.2, -0.15) is 4.31 Å². The van der Waals surface area contributed by atoms with Crippen molar-refractivity contribution in [1.29, 1.82) is 0 Å². The van der Waals surface area contributed by atoms with E-state index < -0.39 is 31.9 Å². The molecule has 0 bridgehead atoms. The number of rotatable bonds is 6. The first-order valence-electron chi connectivity index (χ1n) is 7.96. The fourth-order valence-corrected chi connectivity index (χ4v) is 5.92. The summed E-state index contributed by atoms with van der Waals surface area (Å²) < 4.78 is 53.7. The molecular formula is C15H20N2O6S2. The summed E-state index contributed by atoms with van der Waals surface area (Å²) in [5.41, 5.74) is 0. The van der Waals surface area contributed by atoms with Gasteiger partial charge in [-0.15, -0.1) is 0 Å². The Morgan fingerprint density at radius 1 is 1.16 bits per heavy atom. The van der Waals surface area contributed by atoms with Gasteiger partial charge in [0.25, 0.3) is 0 Å². The largest absolute Gasteiger partial charge is 0.481 e. The molecule has 2 fully saturated rings. The average molecular weight is 388 g/mol. The molecule has 1 aliphatic heterocycles. The van der Waals surface area contributed by atoms with Crippen molar-refractivity contribution in [2.24, 2.45) is 11.8 Å². The minimum atomic E-state index is -3.96. The van der Waals surface area contributed by atoms with Crippen LogP contribution < -0.4 is 4.72 Å². The quantitative estimate of drug-likeness (QED) is 0.731. The number of nitrogens with one attached hydrogen (secondary N) is 1. The maximum absolute atomic E-state index is 12.8. The van der Waals surface area contributed by atoms with Crippen LogP contribution in [-0.4, -0.2) is 51.3 Å². The smallest absolute Gasteiger partial charge is 0.308 e. The number of hydrogen-bond acceptors (Lipinski definition) is 5. The summed E-state index contributed by atoms with van der Waals surface area (Å²) in [4.78, 5) is 10.9. The molecule has 0 radical (unpaired) electrons. The second-order valence-electron chi connectivity index (χ2n) is 6.61. The molecule has 1 saturated heterocycles. The summed E-state index contributed by atoms with van der Waals surface area (Å²) in [6.07, 6.45) is 1.55. The molecule has 8 nitrogen and oxygen atoms in total. The third-order valence-corrected chi connectivity index (χ3v) is 7.89. The number of nitrogens with zero attached hydrogens (tertiary/aromatic N) is 1. The zero-order valence-electron chi connectivity index (χ0n) is 13.6. The normalized spacial score (nSPS) is 25.2. The van der Waals surface area contributed by atoms with E-state index in [4.69, 9.17) is 5.11 Å². The van der Waals surface area contributed by atoms with E-state index in [1.54, 1.807) is 6.92 Å². The van der Waals surface area contributed by atoms with E-state index in [1.165, 1.54) is 18.2 Å². The lowest BCUT2D eigenvalue weighted by atomic mass is 9.99. The number of carboxylic acids is 1. The summed E-state index contributed by atoms with van der Waals surface area (Å²) in [5, 5.41) is 9.17. The molecule has 0 spiro atoms. The Morgan fingerprint density at radius 2 is 1.80 bits per heavy atom. The van der Waals surface area contributed by atoms with Crippen molar-refractivity contribution in [3.05, 3.63) is 24.3 Å². The van der Waals surface area contributed by atoms with Crippen LogP contribution in [0.15, 0.2) is 34.1 Å². The number of sulfonamides is 2. The number of benzene rings is 1. The average Bonchev–Trinajstić information content (AvgIpc) is 3.24. The molecule has 1 aromatic rings. The van der Waals surface area contributed by atoms with Crippen molar-refractivity contribution in [1.82, 2.24) is 9.03 Å². The number of aliphatic carboxylic acids is 1. The monoisotopic (exact) mass is 388 g/mol. The molecule has 0 aromatic heterocycles. The van der Waals surface area contributed by atoms with Crippen molar-refractivity contribution < 1.29 is 26.7 Å². The van der Waals surface area contributed by atoms with Crippen molar-refractivity contribution in [3.8, 4) is 0 Å². The molecule has 138 valence electrons. The lowest BCUT2D eigenvalue weighted by Gasteiger charge is -2.16. The topological polar surface area (TPSA) is 121 Å². The van der Waals surface area contributed by atoms with Gasteiger partial charge >= 0.3 is 5.97 Å². The van der Waals surface area contributed by atoms with E-state index >= 15 is 0 Å². The zero-order valence-corrected chi connectivity index (χ0v) is 15.3. The van der Waals surface area contributed by atoms with Crippen LogP contribution in [0.4, 0.5) is 0 Å². The molecule has 1 aromatic carbocycles. The highest BCUT2D eigenvalue weighted by atomic mass is 32.2. The molecule has 1 heterocycles. The van der Waals surface area contributed by atoms with E-state index in [1.807, 2.05) is 0 Å². The molecule has 1 saturated carbocycles. The third kappa shape index (κ3) is 3.71. The Balaban J connectivity index is 1.88. The number of carboxylic acid groups (broad SMARTS) is 1. The van der Waals surface area contributed by atoms with Gasteiger partial charge in [0.1, 0.15) is 0 Å². The van der Waals surface area contributed by atoms with Gasteiger partial charge in [0.2, 0.25) is 20.0 Å². The zero-order chi connectivity index (χ0) is 18.4. The molecule has 3 rings (SSSR count). The maximum Gasteiger partial charge on any atom is 0.308 e. The SMILES string of the molecule is C[C@@H]1CN(S(=O)(=O)c2cccc(S(=O)(=O)NC3CC3)c2)C[C@H]1C(=O)O. The third-order valence-electron chi connectivity index (χ3n) is 4.55. The predicted octanol–water partition coefficient (Wildman–Crippen LogP) is 0.469. The Bertz CT molecular complexity index is 892. The van der Waals surface area contributed by atoms with Gasteiger partial charge in [0.05, 0.1) is 15.7 Å². The molecule has 0 unspecified atom stereocenters. The second-order valence-corrected chi connectivity index (χ2v) is 10.3. The summed E-state index contributed by atoms with van der Waals surface area (Å²) in [5.74, 6) is -2.11. The van der Waals surface area contributed by atoms with Crippen molar-refractivity contribution >= 4 is 26.0 Å². The van der Waals surface area contributed by atoms with Gasteiger partial charge in [-0.3, -0.25) is 4.79 Å². The van der Waals surface area contributed by atoms with Crippen LogP contribution in [-0.2, 0) is 24.8 Å². The summed E-state index contributed by atoms with van der Waals surface area (Å²) >= 11 is 0. The molecule has 10 heteroatoms. The summed E-state index contributed by atoms with van der Waals surface area (Å²) in [6.45, 7) is 1.67. The first-order valence-corrected chi connectivity index (χ1v) is 10.9. The predicted molar refractivity (Wildman–Crippen MR) is 88.8 cm³/mol. The molecule has 0 amide bonds. The van der Waals surface area contributed by atoms with Gasteiger partial charge < -0.3 is 5.11 Å².